The minimum absolute atomic E-state index is 0.00340. The molecule has 2 N–H and O–H groups in total. The van der Waals surface area contributed by atoms with Gasteiger partial charge in [0.25, 0.3) is 0 Å². The van der Waals surface area contributed by atoms with Crippen molar-refractivity contribution in [2.45, 2.75) is 19.9 Å². The van der Waals surface area contributed by atoms with Crippen molar-refractivity contribution >= 4 is 5.78 Å². The molecule has 0 heterocycles. The van der Waals surface area contributed by atoms with Crippen molar-refractivity contribution in [3.05, 3.63) is 35.4 Å². The second kappa shape index (κ2) is 6.40. The van der Waals surface area contributed by atoms with E-state index in [-0.39, 0.29) is 11.7 Å². The van der Waals surface area contributed by atoms with Crippen molar-refractivity contribution in [1.82, 2.24) is 0 Å². The van der Waals surface area contributed by atoms with Crippen LogP contribution >= 0.6 is 0 Å². The van der Waals surface area contributed by atoms with Crippen LogP contribution in [0, 0.1) is 5.92 Å². The monoisotopic (exact) mass is 221 g/mol. The van der Waals surface area contributed by atoms with E-state index in [9.17, 15) is 4.79 Å². The van der Waals surface area contributed by atoms with Gasteiger partial charge in [-0.3, -0.25) is 4.79 Å². The minimum Gasteiger partial charge on any atom is -0.385 e. The van der Waals surface area contributed by atoms with Gasteiger partial charge in [-0.2, -0.15) is 0 Å². The van der Waals surface area contributed by atoms with Crippen molar-refractivity contribution in [2.24, 2.45) is 11.7 Å². The number of ether oxygens (including phenoxy) is 1. The topological polar surface area (TPSA) is 52.3 Å². The van der Waals surface area contributed by atoms with Crippen LogP contribution in [0.25, 0.3) is 0 Å². The average molecular weight is 221 g/mol. The molecule has 0 fully saturated rings. The number of carbonyl (C=O) groups is 1. The third kappa shape index (κ3) is 3.43. The maximum Gasteiger partial charge on any atom is 0.165 e. The van der Waals surface area contributed by atoms with Crippen LogP contribution < -0.4 is 5.73 Å². The molecular weight excluding hydrogens is 202 g/mol. The van der Waals surface area contributed by atoms with E-state index >= 15 is 0 Å². The molecule has 0 aliphatic rings. The Labute approximate surface area is 96.6 Å². The summed E-state index contributed by atoms with van der Waals surface area (Å²) in [5, 5.41) is 0. The van der Waals surface area contributed by atoms with E-state index in [1.807, 2.05) is 31.2 Å². The fraction of sp³-hybridized carbons (Fsp3) is 0.462. The molecule has 1 rings (SSSR count). The molecule has 0 bridgehead atoms. The third-order valence-corrected chi connectivity index (χ3v) is 2.68. The summed E-state index contributed by atoms with van der Waals surface area (Å²) in [5.41, 5.74) is 7.29. The van der Waals surface area contributed by atoms with Crippen LogP contribution in [0.2, 0.25) is 0 Å². The lowest BCUT2D eigenvalue weighted by atomic mass is 9.96. The summed E-state index contributed by atoms with van der Waals surface area (Å²) >= 11 is 0. The molecule has 3 nitrogen and oxygen atoms in total. The SMILES string of the molecule is COCCC(C)C(=O)c1ccc(CN)cc1. The van der Waals surface area contributed by atoms with E-state index in [0.717, 1.165) is 17.5 Å². The van der Waals surface area contributed by atoms with Crippen LogP contribution in [0.1, 0.15) is 29.3 Å². The minimum atomic E-state index is 0.00340. The molecule has 1 aromatic carbocycles. The van der Waals surface area contributed by atoms with Gasteiger partial charge in [0.05, 0.1) is 0 Å². The standard InChI is InChI=1S/C13H19NO2/c1-10(7-8-16-2)13(15)12-5-3-11(9-14)4-6-12/h3-6,10H,7-9,14H2,1-2H3. The highest BCUT2D eigenvalue weighted by Gasteiger charge is 2.14. The zero-order valence-electron chi connectivity index (χ0n) is 9.90. The predicted molar refractivity (Wildman–Crippen MR) is 64.3 cm³/mol. The lowest BCUT2D eigenvalue weighted by Crippen LogP contribution is -2.13. The van der Waals surface area contributed by atoms with E-state index < -0.39 is 0 Å². The van der Waals surface area contributed by atoms with Gasteiger partial charge in [-0.25, -0.2) is 0 Å². The largest absolute Gasteiger partial charge is 0.385 e. The summed E-state index contributed by atoms with van der Waals surface area (Å²) in [6.07, 6.45) is 0.758. The van der Waals surface area contributed by atoms with Crippen LogP contribution in [0.3, 0.4) is 0 Å². The molecule has 0 aliphatic heterocycles. The highest BCUT2D eigenvalue weighted by Crippen LogP contribution is 2.13. The first-order chi connectivity index (χ1) is 7.69. The molecule has 0 saturated carbocycles. The van der Waals surface area contributed by atoms with Crippen LogP contribution in [-0.2, 0) is 11.3 Å². The van der Waals surface area contributed by atoms with Crippen LogP contribution in [0.5, 0.6) is 0 Å². The van der Waals surface area contributed by atoms with Gasteiger partial charge < -0.3 is 10.5 Å². The summed E-state index contributed by atoms with van der Waals surface area (Å²) in [6.45, 7) is 3.06. The third-order valence-electron chi connectivity index (χ3n) is 2.68. The van der Waals surface area contributed by atoms with Crippen molar-refractivity contribution in [3.63, 3.8) is 0 Å². The van der Waals surface area contributed by atoms with Crippen LogP contribution in [0.15, 0.2) is 24.3 Å². The first-order valence-corrected chi connectivity index (χ1v) is 5.51. The molecule has 1 aromatic rings. The van der Waals surface area contributed by atoms with Gasteiger partial charge in [0.2, 0.25) is 0 Å². The quantitative estimate of drug-likeness (QED) is 0.747. The molecule has 0 aromatic heterocycles. The number of hydrogen-bond donors (Lipinski definition) is 1. The molecule has 3 heteroatoms. The number of carbonyl (C=O) groups excluding carboxylic acids is 1. The number of benzene rings is 1. The number of nitrogens with two attached hydrogens (primary N) is 1. The summed E-state index contributed by atoms with van der Waals surface area (Å²) in [6, 6.07) is 7.48. The van der Waals surface area contributed by atoms with Crippen molar-refractivity contribution in [1.29, 1.82) is 0 Å². The Balaban J connectivity index is 2.64. The maximum absolute atomic E-state index is 12.0. The highest BCUT2D eigenvalue weighted by atomic mass is 16.5. The predicted octanol–water partition coefficient (Wildman–Crippen LogP) is 2.00. The fourth-order valence-corrected chi connectivity index (χ4v) is 1.52. The van der Waals surface area contributed by atoms with Crippen molar-refractivity contribution in [3.8, 4) is 0 Å². The van der Waals surface area contributed by atoms with Crippen LogP contribution in [-0.4, -0.2) is 19.5 Å². The molecule has 0 aliphatic carbocycles. The summed E-state index contributed by atoms with van der Waals surface area (Å²) in [4.78, 5) is 12.0. The number of methoxy groups -OCH3 is 1. The van der Waals surface area contributed by atoms with Crippen molar-refractivity contribution in [2.75, 3.05) is 13.7 Å². The number of rotatable bonds is 6. The number of hydrogen-bond acceptors (Lipinski definition) is 3. The second-order valence-corrected chi connectivity index (χ2v) is 3.95. The zero-order valence-corrected chi connectivity index (χ0v) is 9.90. The molecular formula is C13H19NO2. The summed E-state index contributed by atoms with van der Waals surface area (Å²) in [5.74, 6) is 0.171. The molecule has 1 unspecified atom stereocenters. The molecule has 0 radical (unpaired) electrons. The molecule has 1 atom stereocenters. The van der Waals surface area contributed by atoms with Gasteiger partial charge in [-0.05, 0) is 12.0 Å². The highest BCUT2D eigenvalue weighted by molar-refractivity contribution is 5.97. The lowest BCUT2D eigenvalue weighted by Gasteiger charge is -2.10. The van der Waals surface area contributed by atoms with E-state index in [1.165, 1.54) is 0 Å². The Hall–Kier alpha value is -1.19. The average Bonchev–Trinajstić information content (AvgIpc) is 2.35. The Bertz CT molecular complexity index is 332. The van der Waals surface area contributed by atoms with Gasteiger partial charge in [0, 0.05) is 31.7 Å². The maximum atomic E-state index is 12.0. The smallest absolute Gasteiger partial charge is 0.165 e. The fourth-order valence-electron chi connectivity index (χ4n) is 1.52. The van der Waals surface area contributed by atoms with Gasteiger partial charge in [-0.1, -0.05) is 31.2 Å². The van der Waals surface area contributed by atoms with Crippen LogP contribution in [0.4, 0.5) is 0 Å². The molecule has 88 valence electrons. The normalized spacial score (nSPS) is 12.4. The second-order valence-electron chi connectivity index (χ2n) is 3.95. The Morgan fingerprint density at radius 3 is 2.50 bits per heavy atom. The van der Waals surface area contributed by atoms with E-state index in [2.05, 4.69) is 0 Å². The van der Waals surface area contributed by atoms with E-state index in [0.29, 0.717) is 13.2 Å². The first kappa shape index (κ1) is 12.9. The van der Waals surface area contributed by atoms with Gasteiger partial charge in [0.15, 0.2) is 5.78 Å². The molecule has 0 saturated heterocycles. The van der Waals surface area contributed by atoms with Crippen molar-refractivity contribution < 1.29 is 9.53 Å². The lowest BCUT2D eigenvalue weighted by molar-refractivity contribution is 0.0893. The van der Waals surface area contributed by atoms with E-state index in [4.69, 9.17) is 10.5 Å². The Morgan fingerprint density at radius 1 is 1.38 bits per heavy atom. The van der Waals surface area contributed by atoms with Gasteiger partial charge >= 0.3 is 0 Å². The van der Waals surface area contributed by atoms with E-state index in [1.54, 1.807) is 7.11 Å². The number of ketones is 1. The summed E-state index contributed by atoms with van der Waals surface area (Å²) < 4.78 is 4.97. The summed E-state index contributed by atoms with van der Waals surface area (Å²) in [7, 11) is 1.65. The Kier molecular flexibility index (Phi) is 5.15. The molecule has 0 amide bonds. The van der Waals surface area contributed by atoms with Gasteiger partial charge in [0.1, 0.15) is 0 Å². The Morgan fingerprint density at radius 2 is 2.00 bits per heavy atom. The zero-order chi connectivity index (χ0) is 12.0. The molecule has 16 heavy (non-hydrogen) atoms. The molecule has 0 spiro atoms. The van der Waals surface area contributed by atoms with Gasteiger partial charge in [-0.15, -0.1) is 0 Å². The first-order valence-electron chi connectivity index (χ1n) is 5.51. The number of Topliss-reactive ketones (excluding diaryl/α,β-unsaturated/α-hetero) is 1.